The molecule has 1 aromatic carbocycles. The Hall–Kier alpha value is -0.950. The lowest BCUT2D eigenvalue weighted by Gasteiger charge is -2.10. The SMILES string of the molecule is C=CCc1cc(Cl)ccc1OCCCCC. The Morgan fingerprint density at radius 2 is 2.19 bits per heavy atom. The number of halogens is 1. The lowest BCUT2D eigenvalue weighted by atomic mass is 10.1. The lowest BCUT2D eigenvalue weighted by Crippen LogP contribution is -1.99. The van der Waals surface area contributed by atoms with Crippen molar-refractivity contribution in [2.45, 2.75) is 32.6 Å². The second-order valence-electron chi connectivity index (χ2n) is 3.80. The summed E-state index contributed by atoms with van der Waals surface area (Å²) in [6.07, 6.45) is 6.19. The zero-order valence-corrected chi connectivity index (χ0v) is 10.6. The van der Waals surface area contributed by atoms with Gasteiger partial charge in [0, 0.05) is 5.02 Å². The van der Waals surface area contributed by atoms with E-state index in [-0.39, 0.29) is 0 Å². The fourth-order valence-electron chi connectivity index (χ4n) is 1.54. The summed E-state index contributed by atoms with van der Waals surface area (Å²) in [5, 5.41) is 0.748. The minimum Gasteiger partial charge on any atom is -0.493 e. The van der Waals surface area contributed by atoms with Gasteiger partial charge in [-0.2, -0.15) is 0 Å². The molecule has 0 bridgehead atoms. The lowest BCUT2D eigenvalue weighted by molar-refractivity contribution is 0.304. The highest BCUT2D eigenvalue weighted by Gasteiger charge is 2.03. The van der Waals surface area contributed by atoms with Crippen LogP contribution in [0.3, 0.4) is 0 Å². The second kappa shape index (κ2) is 7.34. The number of rotatable bonds is 7. The van der Waals surface area contributed by atoms with Crippen molar-refractivity contribution in [3.8, 4) is 5.75 Å². The summed E-state index contributed by atoms with van der Waals surface area (Å²) < 4.78 is 5.74. The van der Waals surface area contributed by atoms with E-state index in [1.54, 1.807) is 0 Å². The number of ether oxygens (including phenoxy) is 1. The van der Waals surface area contributed by atoms with Gasteiger partial charge >= 0.3 is 0 Å². The molecule has 0 amide bonds. The Morgan fingerprint density at radius 3 is 2.88 bits per heavy atom. The third-order valence-electron chi connectivity index (χ3n) is 2.39. The maximum atomic E-state index is 5.95. The van der Waals surface area contributed by atoms with E-state index >= 15 is 0 Å². The molecule has 0 atom stereocenters. The first-order chi connectivity index (χ1) is 7.77. The maximum absolute atomic E-state index is 5.95. The molecule has 0 aliphatic heterocycles. The quantitative estimate of drug-likeness (QED) is 0.497. The molecule has 1 nitrogen and oxygen atoms in total. The van der Waals surface area contributed by atoms with Crippen LogP contribution in [0.15, 0.2) is 30.9 Å². The summed E-state index contributed by atoms with van der Waals surface area (Å²) in [6, 6.07) is 5.74. The molecule has 0 fully saturated rings. The minimum absolute atomic E-state index is 0.748. The topological polar surface area (TPSA) is 9.23 Å². The molecule has 0 radical (unpaired) electrons. The average Bonchev–Trinajstić information content (AvgIpc) is 2.27. The molecule has 0 aliphatic rings. The van der Waals surface area contributed by atoms with Gasteiger partial charge in [0.2, 0.25) is 0 Å². The van der Waals surface area contributed by atoms with Crippen molar-refractivity contribution < 1.29 is 4.74 Å². The summed E-state index contributed by atoms with van der Waals surface area (Å²) in [7, 11) is 0. The molecular weight excluding hydrogens is 220 g/mol. The van der Waals surface area contributed by atoms with Crippen LogP contribution < -0.4 is 4.74 Å². The third kappa shape index (κ3) is 4.28. The number of benzene rings is 1. The Morgan fingerprint density at radius 1 is 1.38 bits per heavy atom. The van der Waals surface area contributed by atoms with Gasteiger partial charge in [-0.3, -0.25) is 0 Å². The van der Waals surface area contributed by atoms with Crippen LogP contribution in [0.5, 0.6) is 5.75 Å². The zero-order valence-electron chi connectivity index (χ0n) is 9.84. The molecule has 0 aromatic heterocycles. The summed E-state index contributed by atoms with van der Waals surface area (Å²) in [4.78, 5) is 0. The van der Waals surface area contributed by atoms with Crippen molar-refractivity contribution in [1.82, 2.24) is 0 Å². The van der Waals surface area contributed by atoms with Gasteiger partial charge in [-0.1, -0.05) is 37.4 Å². The van der Waals surface area contributed by atoms with Crippen LogP contribution in [0.4, 0.5) is 0 Å². The number of hydrogen-bond acceptors (Lipinski definition) is 1. The number of unbranched alkanes of at least 4 members (excludes halogenated alkanes) is 2. The predicted molar refractivity (Wildman–Crippen MR) is 70.4 cm³/mol. The Balaban J connectivity index is 2.59. The molecule has 0 heterocycles. The van der Waals surface area contributed by atoms with E-state index in [4.69, 9.17) is 16.3 Å². The van der Waals surface area contributed by atoms with E-state index in [1.165, 1.54) is 12.8 Å². The van der Waals surface area contributed by atoms with Crippen LogP contribution in [-0.4, -0.2) is 6.61 Å². The van der Waals surface area contributed by atoms with Crippen LogP contribution in [0, 0.1) is 0 Å². The summed E-state index contributed by atoms with van der Waals surface area (Å²) in [5.41, 5.74) is 1.11. The van der Waals surface area contributed by atoms with E-state index in [0.29, 0.717) is 0 Å². The molecule has 0 spiro atoms. The second-order valence-corrected chi connectivity index (χ2v) is 4.24. The monoisotopic (exact) mass is 238 g/mol. The smallest absolute Gasteiger partial charge is 0.122 e. The summed E-state index contributed by atoms with van der Waals surface area (Å²) in [6.45, 7) is 6.70. The number of hydrogen-bond donors (Lipinski definition) is 0. The van der Waals surface area contributed by atoms with Gasteiger partial charge in [-0.05, 0) is 36.6 Å². The van der Waals surface area contributed by atoms with E-state index in [2.05, 4.69) is 13.5 Å². The van der Waals surface area contributed by atoms with Crippen LogP contribution in [-0.2, 0) is 6.42 Å². The van der Waals surface area contributed by atoms with Crippen molar-refractivity contribution in [2.75, 3.05) is 6.61 Å². The summed E-state index contributed by atoms with van der Waals surface area (Å²) in [5.74, 6) is 0.931. The van der Waals surface area contributed by atoms with Crippen molar-refractivity contribution >= 4 is 11.6 Å². The van der Waals surface area contributed by atoms with Crippen LogP contribution in [0.25, 0.3) is 0 Å². The molecule has 2 heteroatoms. The van der Waals surface area contributed by atoms with E-state index in [1.807, 2.05) is 24.3 Å². The van der Waals surface area contributed by atoms with Gasteiger partial charge in [0.05, 0.1) is 6.61 Å². The molecule has 0 unspecified atom stereocenters. The van der Waals surface area contributed by atoms with E-state index < -0.39 is 0 Å². The van der Waals surface area contributed by atoms with Crippen molar-refractivity contribution in [3.05, 3.63) is 41.4 Å². The normalized spacial score (nSPS) is 10.1. The number of allylic oxidation sites excluding steroid dienone is 1. The highest BCUT2D eigenvalue weighted by molar-refractivity contribution is 6.30. The highest BCUT2D eigenvalue weighted by Crippen LogP contribution is 2.23. The Kier molecular flexibility index (Phi) is 6.02. The predicted octanol–water partition coefficient (Wildman–Crippen LogP) is 4.64. The molecule has 1 rings (SSSR count). The first-order valence-corrected chi connectivity index (χ1v) is 6.17. The van der Waals surface area contributed by atoms with E-state index in [9.17, 15) is 0 Å². The van der Waals surface area contributed by atoms with Gasteiger partial charge < -0.3 is 4.74 Å². The van der Waals surface area contributed by atoms with Crippen molar-refractivity contribution in [2.24, 2.45) is 0 Å². The van der Waals surface area contributed by atoms with Crippen molar-refractivity contribution in [1.29, 1.82) is 0 Å². The molecule has 88 valence electrons. The fourth-order valence-corrected chi connectivity index (χ4v) is 1.73. The summed E-state index contributed by atoms with van der Waals surface area (Å²) >= 11 is 5.95. The first-order valence-electron chi connectivity index (χ1n) is 5.80. The van der Waals surface area contributed by atoms with Gasteiger partial charge in [-0.15, -0.1) is 6.58 Å². The molecule has 0 saturated carbocycles. The molecule has 1 aromatic rings. The highest BCUT2D eigenvalue weighted by atomic mass is 35.5. The molecule has 0 N–H and O–H groups in total. The molecule has 0 saturated heterocycles. The molecule has 0 aliphatic carbocycles. The zero-order chi connectivity index (χ0) is 11.8. The molecule has 16 heavy (non-hydrogen) atoms. The van der Waals surface area contributed by atoms with Gasteiger partial charge in [0.1, 0.15) is 5.75 Å². The van der Waals surface area contributed by atoms with Gasteiger partial charge in [-0.25, -0.2) is 0 Å². The molecular formula is C14H19ClO. The average molecular weight is 239 g/mol. The van der Waals surface area contributed by atoms with Crippen LogP contribution in [0.1, 0.15) is 31.7 Å². The first kappa shape index (κ1) is 13.1. The Bertz CT molecular complexity index is 334. The Labute approximate surface area is 103 Å². The third-order valence-corrected chi connectivity index (χ3v) is 2.63. The standard InChI is InChI=1S/C14H19ClO/c1-3-5-6-10-16-14-9-8-13(15)11-12(14)7-4-2/h4,8-9,11H,2-3,5-7,10H2,1H3. The maximum Gasteiger partial charge on any atom is 0.122 e. The van der Waals surface area contributed by atoms with Gasteiger partial charge in [0.15, 0.2) is 0 Å². The van der Waals surface area contributed by atoms with Crippen molar-refractivity contribution in [3.63, 3.8) is 0 Å². The minimum atomic E-state index is 0.748. The largest absolute Gasteiger partial charge is 0.493 e. The van der Waals surface area contributed by atoms with E-state index in [0.717, 1.165) is 35.8 Å². The van der Waals surface area contributed by atoms with Gasteiger partial charge in [0.25, 0.3) is 0 Å². The van der Waals surface area contributed by atoms with Crippen LogP contribution in [0.2, 0.25) is 5.02 Å². The van der Waals surface area contributed by atoms with Crippen LogP contribution >= 0.6 is 11.6 Å². The fraction of sp³-hybridized carbons (Fsp3) is 0.429.